The Morgan fingerprint density at radius 3 is 2.80 bits per heavy atom. The fraction of sp³-hybridized carbons (Fsp3) is 0.667. The third-order valence-electron chi connectivity index (χ3n) is 4.74. The minimum absolute atomic E-state index is 0.427. The van der Waals surface area contributed by atoms with Crippen LogP contribution in [0.1, 0.15) is 57.4 Å². The fourth-order valence-electron chi connectivity index (χ4n) is 3.21. The molecule has 0 aromatic heterocycles. The van der Waals surface area contributed by atoms with Crippen molar-refractivity contribution >= 4 is 0 Å². The molecule has 2 nitrogen and oxygen atoms in total. The van der Waals surface area contributed by atoms with E-state index in [0.29, 0.717) is 6.10 Å². The zero-order valence-corrected chi connectivity index (χ0v) is 12.6. The maximum absolute atomic E-state index is 6.33. The Bertz CT molecular complexity index is 427. The molecule has 3 rings (SSSR count). The van der Waals surface area contributed by atoms with E-state index in [-0.39, 0.29) is 0 Å². The van der Waals surface area contributed by atoms with Crippen molar-refractivity contribution in [3.63, 3.8) is 0 Å². The van der Waals surface area contributed by atoms with E-state index < -0.39 is 0 Å². The van der Waals surface area contributed by atoms with Crippen molar-refractivity contribution in [1.29, 1.82) is 0 Å². The lowest BCUT2D eigenvalue weighted by molar-refractivity contribution is 0.121. The van der Waals surface area contributed by atoms with Gasteiger partial charge in [0.1, 0.15) is 5.75 Å². The molecule has 0 heterocycles. The average molecular weight is 273 g/mol. The molecule has 1 aromatic rings. The highest BCUT2D eigenvalue weighted by atomic mass is 16.5. The van der Waals surface area contributed by atoms with Crippen LogP contribution >= 0.6 is 0 Å². The molecule has 0 bridgehead atoms. The van der Waals surface area contributed by atoms with Crippen LogP contribution in [0, 0.1) is 5.92 Å². The highest BCUT2D eigenvalue weighted by Gasteiger charge is 2.23. The predicted octanol–water partition coefficient (Wildman–Crippen LogP) is 4.29. The molecule has 2 saturated carbocycles. The predicted molar refractivity (Wildman–Crippen MR) is 83.0 cm³/mol. The molecular formula is C18H27NO. The first-order chi connectivity index (χ1) is 9.85. The van der Waals surface area contributed by atoms with Gasteiger partial charge in [0.25, 0.3) is 0 Å². The summed E-state index contributed by atoms with van der Waals surface area (Å²) in [6.07, 6.45) is 9.57. The van der Waals surface area contributed by atoms with Gasteiger partial charge in [-0.1, -0.05) is 38.0 Å². The van der Waals surface area contributed by atoms with E-state index in [2.05, 4.69) is 36.5 Å². The Balaban J connectivity index is 1.60. The van der Waals surface area contributed by atoms with Gasteiger partial charge in [-0.25, -0.2) is 0 Å². The average Bonchev–Trinajstić information content (AvgIpc) is 3.31. The summed E-state index contributed by atoms with van der Waals surface area (Å²) < 4.78 is 6.33. The van der Waals surface area contributed by atoms with Crippen molar-refractivity contribution in [2.75, 3.05) is 0 Å². The normalized spacial score (nSPS) is 26.4. The molecule has 0 spiro atoms. The Kier molecular flexibility index (Phi) is 4.62. The quantitative estimate of drug-likeness (QED) is 0.835. The van der Waals surface area contributed by atoms with Gasteiger partial charge in [-0.3, -0.25) is 0 Å². The van der Waals surface area contributed by atoms with Gasteiger partial charge in [0.05, 0.1) is 6.10 Å². The molecule has 110 valence electrons. The second-order valence-electron chi connectivity index (χ2n) is 6.44. The molecule has 2 aliphatic rings. The number of rotatable bonds is 6. The Morgan fingerprint density at radius 1 is 1.15 bits per heavy atom. The van der Waals surface area contributed by atoms with Crippen LogP contribution in [0.25, 0.3) is 0 Å². The summed E-state index contributed by atoms with van der Waals surface area (Å²) >= 11 is 0. The van der Waals surface area contributed by atoms with Crippen molar-refractivity contribution in [1.82, 2.24) is 5.32 Å². The van der Waals surface area contributed by atoms with Gasteiger partial charge in [-0.15, -0.1) is 0 Å². The third-order valence-corrected chi connectivity index (χ3v) is 4.74. The Morgan fingerprint density at radius 2 is 2.00 bits per heavy atom. The number of hydrogen-bond acceptors (Lipinski definition) is 2. The summed E-state index contributed by atoms with van der Waals surface area (Å²) in [4.78, 5) is 0. The highest BCUT2D eigenvalue weighted by molar-refractivity contribution is 5.33. The van der Waals surface area contributed by atoms with Crippen LogP contribution in [0.5, 0.6) is 5.75 Å². The standard InChI is InChI=1S/C18H27NO/c1-2-14-6-5-8-17(12-14)20-18-9-4-3-7-15(18)13-19-16-10-11-16/h3-4,7,9,14,16-17,19H,2,5-6,8,10-13H2,1H3. The van der Waals surface area contributed by atoms with Gasteiger partial charge in [0.2, 0.25) is 0 Å². The van der Waals surface area contributed by atoms with Crippen LogP contribution in [0.2, 0.25) is 0 Å². The zero-order chi connectivity index (χ0) is 13.8. The van der Waals surface area contributed by atoms with E-state index in [9.17, 15) is 0 Å². The lowest BCUT2D eigenvalue weighted by atomic mass is 9.85. The van der Waals surface area contributed by atoms with Crippen molar-refractivity contribution in [2.24, 2.45) is 5.92 Å². The minimum atomic E-state index is 0.427. The molecule has 1 aromatic carbocycles. The maximum Gasteiger partial charge on any atom is 0.124 e. The van der Waals surface area contributed by atoms with E-state index in [1.54, 1.807) is 0 Å². The lowest BCUT2D eigenvalue weighted by Gasteiger charge is -2.29. The van der Waals surface area contributed by atoms with Gasteiger partial charge in [0, 0.05) is 18.2 Å². The summed E-state index contributed by atoms with van der Waals surface area (Å²) in [5, 5.41) is 3.59. The molecule has 0 saturated heterocycles. The van der Waals surface area contributed by atoms with Crippen LogP contribution in [0.4, 0.5) is 0 Å². The van der Waals surface area contributed by atoms with Crippen molar-refractivity contribution in [2.45, 2.75) is 70.6 Å². The van der Waals surface area contributed by atoms with Gasteiger partial charge >= 0.3 is 0 Å². The van der Waals surface area contributed by atoms with Gasteiger partial charge in [-0.2, -0.15) is 0 Å². The van der Waals surface area contributed by atoms with E-state index in [1.807, 2.05) is 0 Å². The largest absolute Gasteiger partial charge is 0.490 e. The van der Waals surface area contributed by atoms with Gasteiger partial charge in [0.15, 0.2) is 0 Å². The molecule has 2 unspecified atom stereocenters. The number of ether oxygens (including phenoxy) is 1. The first-order valence-corrected chi connectivity index (χ1v) is 8.33. The van der Waals surface area contributed by atoms with Crippen LogP contribution in [0.3, 0.4) is 0 Å². The van der Waals surface area contributed by atoms with E-state index in [1.165, 1.54) is 50.5 Å². The molecule has 20 heavy (non-hydrogen) atoms. The number of nitrogens with one attached hydrogen (secondary N) is 1. The molecular weight excluding hydrogens is 246 g/mol. The van der Waals surface area contributed by atoms with Crippen LogP contribution < -0.4 is 10.1 Å². The first kappa shape index (κ1) is 13.9. The fourth-order valence-corrected chi connectivity index (χ4v) is 3.21. The topological polar surface area (TPSA) is 21.3 Å². The minimum Gasteiger partial charge on any atom is -0.490 e. The third kappa shape index (κ3) is 3.76. The summed E-state index contributed by atoms with van der Waals surface area (Å²) in [6.45, 7) is 3.26. The van der Waals surface area contributed by atoms with E-state index in [4.69, 9.17) is 4.74 Å². The van der Waals surface area contributed by atoms with Crippen molar-refractivity contribution in [3.8, 4) is 5.75 Å². The molecule has 2 fully saturated rings. The Hall–Kier alpha value is -1.02. The van der Waals surface area contributed by atoms with Gasteiger partial charge < -0.3 is 10.1 Å². The smallest absolute Gasteiger partial charge is 0.124 e. The molecule has 0 radical (unpaired) electrons. The lowest BCUT2D eigenvalue weighted by Crippen LogP contribution is -2.26. The van der Waals surface area contributed by atoms with Gasteiger partial charge in [-0.05, 0) is 44.1 Å². The summed E-state index contributed by atoms with van der Waals surface area (Å²) in [7, 11) is 0. The van der Waals surface area contributed by atoms with Crippen molar-refractivity contribution in [3.05, 3.63) is 29.8 Å². The van der Waals surface area contributed by atoms with E-state index in [0.717, 1.165) is 24.3 Å². The van der Waals surface area contributed by atoms with E-state index >= 15 is 0 Å². The number of para-hydroxylation sites is 1. The molecule has 0 aliphatic heterocycles. The molecule has 0 amide bonds. The monoisotopic (exact) mass is 273 g/mol. The van der Waals surface area contributed by atoms with Crippen LogP contribution in [0.15, 0.2) is 24.3 Å². The number of hydrogen-bond donors (Lipinski definition) is 1. The molecule has 2 atom stereocenters. The summed E-state index contributed by atoms with van der Waals surface area (Å²) in [6, 6.07) is 9.30. The molecule has 1 N–H and O–H groups in total. The highest BCUT2D eigenvalue weighted by Crippen LogP contribution is 2.31. The SMILES string of the molecule is CCC1CCCC(Oc2ccccc2CNC2CC2)C1. The molecule has 2 aliphatic carbocycles. The summed E-state index contributed by atoms with van der Waals surface area (Å²) in [5.41, 5.74) is 1.32. The molecule has 2 heteroatoms. The first-order valence-electron chi connectivity index (χ1n) is 8.33. The number of benzene rings is 1. The second-order valence-corrected chi connectivity index (χ2v) is 6.44. The second kappa shape index (κ2) is 6.62. The maximum atomic E-state index is 6.33. The summed E-state index contributed by atoms with van der Waals surface area (Å²) in [5.74, 6) is 1.97. The van der Waals surface area contributed by atoms with Crippen molar-refractivity contribution < 1.29 is 4.74 Å². The zero-order valence-electron chi connectivity index (χ0n) is 12.6. The Labute approximate surface area is 122 Å². The van der Waals surface area contributed by atoms with Crippen LogP contribution in [-0.4, -0.2) is 12.1 Å². The van der Waals surface area contributed by atoms with Crippen LogP contribution in [-0.2, 0) is 6.54 Å².